The number of pyridine rings is 1. The largest absolute Gasteiger partial charge is 0.405 e. The Labute approximate surface area is 139 Å². The highest BCUT2D eigenvalue weighted by Crippen LogP contribution is 2.24. The Hall–Kier alpha value is -1.38. The predicted molar refractivity (Wildman–Crippen MR) is 82.5 cm³/mol. The third-order valence-electron chi connectivity index (χ3n) is 3.55. The van der Waals surface area contributed by atoms with Crippen molar-refractivity contribution >= 4 is 18.3 Å². The number of alkyl halides is 3. The Bertz CT molecular complexity index is 481. The van der Waals surface area contributed by atoms with Gasteiger partial charge in [0, 0.05) is 45.1 Å². The molecule has 2 N–H and O–H groups in total. The van der Waals surface area contributed by atoms with Crippen LogP contribution in [0.1, 0.15) is 5.56 Å². The molecule has 1 aromatic heterocycles. The number of nitrogens with one attached hydrogen (secondary N) is 2. The average molecular weight is 353 g/mol. The second kappa shape index (κ2) is 9.05. The minimum absolute atomic E-state index is 0. The Morgan fingerprint density at radius 1 is 1.39 bits per heavy atom. The van der Waals surface area contributed by atoms with Crippen LogP contribution in [-0.4, -0.2) is 60.7 Å². The van der Waals surface area contributed by atoms with Gasteiger partial charge in [-0.2, -0.15) is 13.2 Å². The maximum absolute atomic E-state index is 13.2. The maximum atomic E-state index is 13.2. The second-order valence-corrected chi connectivity index (χ2v) is 5.19. The molecule has 1 aliphatic heterocycles. The van der Waals surface area contributed by atoms with Gasteiger partial charge in [0.1, 0.15) is 6.04 Å². The summed E-state index contributed by atoms with van der Waals surface area (Å²) in [5.41, 5.74) is 0.672. The highest BCUT2D eigenvalue weighted by Gasteiger charge is 2.43. The SMILES string of the molecule is Cl.O=C(Cc1cccnc1)NCC(N1CCNCC1)C(F)(F)F. The summed E-state index contributed by atoms with van der Waals surface area (Å²) in [5, 5.41) is 5.40. The van der Waals surface area contributed by atoms with E-state index >= 15 is 0 Å². The molecule has 5 nitrogen and oxygen atoms in total. The van der Waals surface area contributed by atoms with Gasteiger partial charge in [0.05, 0.1) is 6.42 Å². The molecule has 23 heavy (non-hydrogen) atoms. The Balaban J connectivity index is 0.00000264. The normalized spacial score (nSPS) is 17.2. The van der Waals surface area contributed by atoms with Crippen LogP contribution in [0.15, 0.2) is 24.5 Å². The molecule has 0 bridgehead atoms. The Morgan fingerprint density at radius 3 is 2.65 bits per heavy atom. The summed E-state index contributed by atoms with van der Waals surface area (Å²) in [6.07, 6.45) is -1.23. The van der Waals surface area contributed by atoms with E-state index in [1.807, 2.05) is 0 Å². The minimum atomic E-state index is -4.36. The van der Waals surface area contributed by atoms with Crippen LogP contribution in [0.5, 0.6) is 0 Å². The summed E-state index contributed by atoms with van der Waals surface area (Å²) in [4.78, 5) is 17.0. The van der Waals surface area contributed by atoms with Gasteiger partial charge < -0.3 is 10.6 Å². The number of carbonyl (C=O) groups excluding carboxylic acids is 1. The highest BCUT2D eigenvalue weighted by atomic mass is 35.5. The smallest absolute Gasteiger partial charge is 0.354 e. The van der Waals surface area contributed by atoms with Gasteiger partial charge in [0.15, 0.2) is 0 Å². The van der Waals surface area contributed by atoms with Gasteiger partial charge in [0.25, 0.3) is 0 Å². The van der Waals surface area contributed by atoms with E-state index in [4.69, 9.17) is 0 Å². The fourth-order valence-electron chi connectivity index (χ4n) is 2.41. The number of hydrogen-bond acceptors (Lipinski definition) is 4. The number of amides is 1. The quantitative estimate of drug-likeness (QED) is 0.830. The molecule has 2 rings (SSSR count). The van der Waals surface area contributed by atoms with Crippen molar-refractivity contribution in [1.29, 1.82) is 0 Å². The van der Waals surface area contributed by atoms with Crippen LogP contribution in [-0.2, 0) is 11.2 Å². The summed E-state index contributed by atoms with van der Waals surface area (Å²) in [5.74, 6) is -0.433. The predicted octanol–water partition coefficient (Wildman–Crippen LogP) is 0.998. The van der Waals surface area contributed by atoms with Gasteiger partial charge in [-0.25, -0.2) is 0 Å². The molecule has 130 valence electrons. The Morgan fingerprint density at radius 2 is 2.09 bits per heavy atom. The fourth-order valence-corrected chi connectivity index (χ4v) is 2.41. The zero-order valence-electron chi connectivity index (χ0n) is 12.5. The molecule has 0 spiro atoms. The maximum Gasteiger partial charge on any atom is 0.405 e. The van der Waals surface area contributed by atoms with Gasteiger partial charge in [0.2, 0.25) is 5.91 Å². The van der Waals surface area contributed by atoms with Gasteiger partial charge >= 0.3 is 6.18 Å². The van der Waals surface area contributed by atoms with Crippen molar-refractivity contribution in [2.45, 2.75) is 18.6 Å². The molecule has 1 atom stereocenters. The molecule has 0 saturated carbocycles. The molecule has 0 aliphatic carbocycles. The molecule has 0 radical (unpaired) electrons. The molecule has 1 aliphatic rings. The summed E-state index contributed by atoms with van der Waals surface area (Å²) >= 11 is 0. The van der Waals surface area contributed by atoms with Crippen molar-refractivity contribution in [2.24, 2.45) is 0 Å². The lowest BCUT2D eigenvalue weighted by Gasteiger charge is -2.35. The molecule has 2 heterocycles. The molecule has 9 heteroatoms. The van der Waals surface area contributed by atoms with E-state index in [0.717, 1.165) is 0 Å². The first-order chi connectivity index (χ1) is 10.5. The van der Waals surface area contributed by atoms with Crippen molar-refractivity contribution in [3.8, 4) is 0 Å². The summed E-state index contributed by atoms with van der Waals surface area (Å²) < 4.78 is 39.5. The van der Waals surface area contributed by atoms with Crippen molar-refractivity contribution in [2.75, 3.05) is 32.7 Å². The molecular weight excluding hydrogens is 333 g/mol. The third kappa shape index (κ3) is 6.32. The lowest BCUT2D eigenvalue weighted by molar-refractivity contribution is -0.184. The van der Waals surface area contributed by atoms with Gasteiger partial charge in [-0.1, -0.05) is 6.07 Å². The van der Waals surface area contributed by atoms with E-state index in [1.165, 1.54) is 11.1 Å². The van der Waals surface area contributed by atoms with Gasteiger partial charge in [-0.3, -0.25) is 14.7 Å². The Kier molecular flexibility index (Phi) is 7.74. The van der Waals surface area contributed by atoms with E-state index in [-0.39, 0.29) is 18.8 Å². The number of piperazine rings is 1. The number of carbonyl (C=O) groups is 1. The molecule has 1 amide bonds. The highest BCUT2D eigenvalue weighted by molar-refractivity contribution is 5.85. The molecule has 1 unspecified atom stereocenters. The number of rotatable bonds is 5. The third-order valence-corrected chi connectivity index (χ3v) is 3.55. The number of halogens is 4. The lowest BCUT2D eigenvalue weighted by atomic mass is 10.1. The van der Waals surface area contributed by atoms with Crippen LogP contribution >= 0.6 is 12.4 Å². The number of aromatic nitrogens is 1. The lowest BCUT2D eigenvalue weighted by Crippen LogP contribution is -2.57. The van der Waals surface area contributed by atoms with Crippen LogP contribution in [0.3, 0.4) is 0 Å². The average Bonchev–Trinajstić information content (AvgIpc) is 2.48. The second-order valence-electron chi connectivity index (χ2n) is 5.19. The van der Waals surface area contributed by atoms with Crippen molar-refractivity contribution < 1.29 is 18.0 Å². The van der Waals surface area contributed by atoms with Crippen LogP contribution in [0.2, 0.25) is 0 Å². The van der Waals surface area contributed by atoms with E-state index in [0.29, 0.717) is 31.7 Å². The standard InChI is InChI=1S/C14H19F3N4O.ClH/c15-14(16,17)12(21-6-4-18-5-7-21)10-20-13(22)8-11-2-1-3-19-9-11;/h1-3,9,12,18H,4-8,10H2,(H,20,22);1H. The van der Waals surface area contributed by atoms with Crippen LogP contribution < -0.4 is 10.6 Å². The van der Waals surface area contributed by atoms with Gasteiger partial charge in [-0.05, 0) is 11.6 Å². The number of nitrogens with zero attached hydrogens (tertiary/aromatic N) is 2. The fraction of sp³-hybridized carbons (Fsp3) is 0.571. The zero-order chi connectivity index (χ0) is 16.0. The van der Waals surface area contributed by atoms with E-state index in [1.54, 1.807) is 18.3 Å². The van der Waals surface area contributed by atoms with Crippen molar-refractivity contribution in [1.82, 2.24) is 20.5 Å². The molecule has 0 aromatic carbocycles. The number of hydrogen-bond donors (Lipinski definition) is 2. The molecule has 1 aromatic rings. The van der Waals surface area contributed by atoms with Crippen LogP contribution in [0.4, 0.5) is 13.2 Å². The van der Waals surface area contributed by atoms with Crippen LogP contribution in [0, 0.1) is 0 Å². The summed E-state index contributed by atoms with van der Waals surface area (Å²) in [7, 11) is 0. The van der Waals surface area contributed by atoms with Crippen molar-refractivity contribution in [3.63, 3.8) is 0 Å². The zero-order valence-corrected chi connectivity index (χ0v) is 13.3. The summed E-state index contributed by atoms with van der Waals surface area (Å²) in [6, 6.07) is 1.75. The van der Waals surface area contributed by atoms with E-state index in [2.05, 4.69) is 15.6 Å². The van der Waals surface area contributed by atoms with Crippen molar-refractivity contribution in [3.05, 3.63) is 30.1 Å². The van der Waals surface area contributed by atoms with E-state index in [9.17, 15) is 18.0 Å². The molecule has 1 saturated heterocycles. The summed E-state index contributed by atoms with van der Waals surface area (Å²) in [6.45, 7) is 1.26. The minimum Gasteiger partial charge on any atom is -0.354 e. The first kappa shape index (κ1) is 19.7. The van der Waals surface area contributed by atoms with Crippen LogP contribution in [0.25, 0.3) is 0 Å². The molecular formula is C14H20ClF3N4O. The first-order valence-electron chi connectivity index (χ1n) is 7.14. The van der Waals surface area contributed by atoms with Gasteiger partial charge in [-0.15, -0.1) is 12.4 Å². The topological polar surface area (TPSA) is 57.3 Å². The molecule has 1 fully saturated rings. The monoisotopic (exact) mass is 352 g/mol. The van der Waals surface area contributed by atoms with E-state index < -0.39 is 24.7 Å². The first-order valence-corrected chi connectivity index (χ1v) is 7.14.